The van der Waals surface area contributed by atoms with E-state index in [9.17, 15) is 0 Å². The van der Waals surface area contributed by atoms with Gasteiger partial charge in [0.2, 0.25) is 0 Å². The summed E-state index contributed by atoms with van der Waals surface area (Å²) in [5, 5.41) is 4.93. The van der Waals surface area contributed by atoms with Gasteiger partial charge in [-0.2, -0.15) is 0 Å². The Bertz CT molecular complexity index is 405. The second kappa shape index (κ2) is 3.62. The van der Waals surface area contributed by atoms with Crippen LogP contribution in [-0.4, -0.2) is 23.2 Å². The highest BCUT2D eigenvalue weighted by molar-refractivity contribution is 8.28. The fourth-order valence-corrected chi connectivity index (χ4v) is 3.91. The number of hydrogen-bond donors (Lipinski definition) is 0. The van der Waals surface area contributed by atoms with Gasteiger partial charge in [0.25, 0.3) is 0 Å². The molecule has 0 radical (unpaired) electrons. The van der Waals surface area contributed by atoms with Gasteiger partial charge in [0.05, 0.1) is 0 Å². The average Bonchev–Trinajstić information content (AvgIpc) is 2.23. The van der Waals surface area contributed by atoms with Gasteiger partial charge in [0, 0.05) is 0 Å². The largest absolute Gasteiger partial charge is 0.207 e. The van der Waals surface area contributed by atoms with Crippen molar-refractivity contribution in [3.63, 3.8) is 0 Å². The highest BCUT2D eigenvalue weighted by Crippen LogP contribution is 2.33. The third-order valence-electron chi connectivity index (χ3n) is 3.14. The summed E-state index contributed by atoms with van der Waals surface area (Å²) in [5.41, 5.74) is 3.24. The Morgan fingerprint density at radius 1 is 1.36 bits per heavy atom. The molecule has 0 fully saturated rings. The molecule has 1 unspecified atom stereocenters. The van der Waals surface area contributed by atoms with E-state index >= 15 is 0 Å². The van der Waals surface area contributed by atoms with E-state index in [2.05, 4.69) is 42.3 Å². The van der Waals surface area contributed by atoms with E-state index in [1.54, 1.807) is 11.1 Å². The number of rotatable bonds is 0. The summed E-state index contributed by atoms with van der Waals surface area (Å²) < 4.78 is 0. The van der Waals surface area contributed by atoms with Gasteiger partial charge in [0.1, 0.15) is 0 Å². The van der Waals surface area contributed by atoms with Gasteiger partial charge in [0.15, 0.2) is 0 Å². The first-order valence-corrected chi connectivity index (χ1v) is 7.99. The summed E-state index contributed by atoms with van der Waals surface area (Å²) in [4.78, 5) is 0. The molecule has 1 heteroatoms. The van der Waals surface area contributed by atoms with Crippen LogP contribution in [0.4, 0.5) is 0 Å². The van der Waals surface area contributed by atoms with Crippen LogP contribution < -0.4 is 0 Å². The molecule has 1 atom stereocenters. The fourth-order valence-electron chi connectivity index (χ4n) is 2.36. The maximum atomic E-state index is 2.54. The first kappa shape index (κ1) is 10.1. The van der Waals surface area contributed by atoms with Gasteiger partial charge in [-0.3, -0.25) is 0 Å². The minimum atomic E-state index is -0.608. The van der Waals surface area contributed by atoms with E-state index in [1.807, 2.05) is 0 Å². The molecular formula is C13H20S. The molecular weight excluding hydrogens is 188 g/mol. The summed E-state index contributed by atoms with van der Waals surface area (Å²) in [6.07, 6.45) is 13.4. The Labute approximate surface area is 88.2 Å². The standard InChI is InChI=1S/C13H20S/c1-11-6-4-7-12-10-14(2,3)9-5-8-13(11)12/h5,8-11H,4,6-7H2,1-3H3. The lowest BCUT2D eigenvalue weighted by atomic mass is 9.84. The molecule has 0 aromatic carbocycles. The van der Waals surface area contributed by atoms with E-state index in [4.69, 9.17) is 0 Å². The average molecular weight is 208 g/mol. The Hall–Kier alpha value is -0.430. The monoisotopic (exact) mass is 208 g/mol. The molecule has 0 N–H and O–H groups in total. The number of hydrogen-bond acceptors (Lipinski definition) is 0. The normalized spacial score (nSPS) is 30.1. The third kappa shape index (κ3) is 1.98. The van der Waals surface area contributed by atoms with Crippen molar-refractivity contribution in [3.8, 4) is 0 Å². The summed E-state index contributed by atoms with van der Waals surface area (Å²) in [5.74, 6) is 0.771. The van der Waals surface area contributed by atoms with E-state index in [0.29, 0.717) is 0 Å². The van der Waals surface area contributed by atoms with Gasteiger partial charge in [-0.1, -0.05) is 19.1 Å². The Balaban J connectivity index is 2.54. The quantitative estimate of drug-likeness (QED) is 0.536. The van der Waals surface area contributed by atoms with Crippen LogP contribution in [-0.2, 0) is 0 Å². The lowest BCUT2D eigenvalue weighted by Gasteiger charge is -2.22. The molecule has 78 valence electrons. The molecule has 0 saturated heterocycles. The minimum Gasteiger partial charge on any atom is -0.207 e. The molecule has 1 aliphatic carbocycles. The van der Waals surface area contributed by atoms with Crippen molar-refractivity contribution in [1.82, 2.24) is 0 Å². The summed E-state index contributed by atoms with van der Waals surface area (Å²) in [7, 11) is -0.608. The minimum absolute atomic E-state index is 0.608. The van der Waals surface area contributed by atoms with Crippen LogP contribution in [0.25, 0.3) is 0 Å². The smallest absolute Gasteiger partial charge is 0.0187 e. The topological polar surface area (TPSA) is 0 Å². The molecule has 0 amide bonds. The highest BCUT2D eigenvalue weighted by Gasteiger charge is 2.16. The molecule has 1 heterocycles. The van der Waals surface area contributed by atoms with Crippen molar-refractivity contribution < 1.29 is 0 Å². The fraction of sp³-hybridized carbons (Fsp3) is 0.538. The van der Waals surface area contributed by atoms with Crippen molar-refractivity contribution in [1.29, 1.82) is 0 Å². The van der Waals surface area contributed by atoms with Crippen LogP contribution in [0.3, 0.4) is 0 Å². The molecule has 0 aromatic heterocycles. The van der Waals surface area contributed by atoms with Crippen LogP contribution >= 0.6 is 9.21 Å². The van der Waals surface area contributed by atoms with Crippen LogP contribution in [0, 0.1) is 5.92 Å². The van der Waals surface area contributed by atoms with Gasteiger partial charge in [-0.25, -0.2) is 9.21 Å². The molecule has 2 rings (SSSR count). The first-order chi connectivity index (χ1) is 6.58. The van der Waals surface area contributed by atoms with E-state index < -0.39 is 9.21 Å². The summed E-state index contributed by atoms with van der Waals surface area (Å²) >= 11 is 0. The van der Waals surface area contributed by atoms with Gasteiger partial charge in [-0.05, 0) is 59.6 Å². The molecule has 14 heavy (non-hydrogen) atoms. The highest BCUT2D eigenvalue weighted by atomic mass is 32.2. The van der Waals surface area contributed by atoms with Crippen LogP contribution in [0.5, 0.6) is 0 Å². The maximum Gasteiger partial charge on any atom is -0.0187 e. The lowest BCUT2D eigenvalue weighted by Crippen LogP contribution is -2.08. The number of allylic oxidation sites excluding steroid dienone is 4. The zero-order chi connectivity index (χ0) is 10.2. The van der Waals surface area contributed by atoms with Crippen molar-refractivity contribution in [3.05, 3.63) is 23.3 Å². The molecule has 0 bridgehead atoms. The van der Waals surface area contributed by atoms with E-state index in [0.717, 1.165) is 5.92 Å². The zero-order valence-corrected chi connectivity index (χ0v) is 10.2. The molecule has 2 aliphatic rings. The van der Waals surface area contributed by atoms with Gasteiger partial charge >= 0.3 is 0 Å². The van der Waals surface area contributed by atoms with Crippen molar-refractivity contribution >= 4 is 19.9 Å². The van der Waals surface area contributed by atoms with Crippen molar-refractivity contribution in [2.45, 2.75) is 26.2 Å². The Morgan fingerprint density at radius 2 is 2.14 bits per heavy atom. The van der Waals surface area contributed by atoms with Crippen LogP contribution in [0.1, 0.15) is 26.2 Å². The SMILES string of the molecule is CC1CCCC2=C1C=CC=S(C)(C)=C2. The van der Waals surface area contributed by atoms with Crippen LogP contribution in [0.2, 0.25) is 0 Å². The predicted molar refractivity (Wildman–Crippen MR) is 70.7 cm³/mol. The molecule has 1 aliphatic heterocycles. The van der Waals surface area contributed by atoms with Crippen molar-refractivity contribution in [2.24, 2.45) is 5.92 Å². The van der Waals surface area contributed by atoms with Crippen LogP contribution in [0.15, 0.2) is 23.3 Å². The molecule has 0 aromatic rings. The van der Waals surface area contributed by atoms with E-state index in [1.165, 1.54) is 19.3 Å². The van der Waals surface area contributed by atoms with Gasteiger partial charge < -0.3 is 0 Å². The summed E-state index contributed by atoms with van der Waals surface area (Å²) in [6, 6.07) is 0. The lowest BCUT2D eigenvalue weighted by molar-refractivity contribution is 0.556. The Morgan fingerprint density at radius 3 is 2.93 bits per heavy atom. The third-order valence-corrected chi connectivity index (χ3v) is 4.89. The maximum absolute atomic E-state index is 2.54. The molecule has 0 spiro atoms. The van der Waals surface area contributed by atoms with Gasteiger partial charge in [-0.15, -0.1) is 0 Å². The summed E-state index contributed by atoms with van der Waals surface area (Å²) in [6.45, 7) is 2.36. The zero-order valence-electron chi connectivity index (χ0n) is 9.42. The molecule has 0 nitrogen and oxygen atoms in total. The second-order valence-corrected chi connectivity index (χ2v) is 8.36. The molecule has 0 saturated carbocycles. The Kier molecular flexibility index (Phi) is 2.61. The first-order valence-electron chi connectivity index (χ1n) is 5.41. The second-order valence-electron chi connectivity index (χ2n) is 4.87. The van der Waals surface area contributed by atoms with E-state index in [-0.39, 0.29) is 0 Å². The predicted octanol–water partition coefficient (Wildman–Crippen LogP) is 3.34. The van der Waals surface area contributed by atoms with Crippen molar-refractivity contribution in [2.75, 3.05) is 12.5 Å².